The van der Waals surface area contributed by atoms with E-state index in [9.17, 15) is 31.1 Å². The van der Waals surface area contributed by atoms with Gasteiger partial charge in [0.05, 0.1) is 42.9 Å². The third-order valence-corrected chi connectivity index (χ3v) is 6.47. The van der Waals surface area contributed by atoms with E-state index in [1.807, 2.05) is 18.2 Å². The number of methoxy groups -OCH3 is 1. The third-order valence-electron chi connectivity index (χ3n) is 6.47. The molecule has 210 valence electrons. The number of esters is 1. The zero-order valence-corrected chi connectivity index (χ0v) is 21.5. The van der Waals surface area contributed by atoms with Crippen LogP contribution in [0.4, 0.5) is 26.3 Å². The Morgan fingerprint density at radius 2 is 1.60 bits per heavy atom. The Morgan fingerprint density at radius 3 is 2.25 bits per heavy atom. The normalized spacial score (nSPS) is 17.1. The van der Waals surface area contributed by atoms with Crippen molar-refractivity contribution in [3.05, 3.63) is 118 Å². The first-order valence-electron chi connectivity index (χ1n) is 12.1. The quantitative estimate of drug-likeness (QED) is 0.264. The predicted octanol–water partition coefficient (Wildman–Crippen LogP) is 6.87. The van der Waals surface area contributed by atoms with Crippen molar-refractivity contribution in [2.24, 2.45) is 4.99 Å². The van der Waals surface area contributed by atoms with Crippen LogP contribution in [0.2, 0.25) is 0 Å². The van der Waals surface area contributed by atoms with E-state index < -0.39 is 35.5 Å². The van der Waals surface area contributed by atoms with Gasteiger partial charge in [-0.15, -0.1) is 0 Å². The molecule has 3 aromatic rings. The van der Waals surface area contributed by atoms with Crippen molar-refractivity contribution in [1.29, 1.82) is 0 Å². The van der Waals surface area contributed by atoms with Gasteiger partial charge in [-0.25, -0.2) is 9.79 Å². The van der Waals surface area contributed by atoms with E-state index >= 15 is 0 Å². The van der Waals surface area contributed by atoms with Crippen LogP contribution in [0.1, 0.15) is 40.8 Å². The summed E-state index contributed by atoms with van der Waals surface area (Å²) in [4.78, 5) is 19.0. The zero-order chi connectivity index (χ0) is 29.1. The van der Waals surface area contributed by atoms with Crippen LogP contribution in [0, 0.1) is 0 Å². The minimum Gasteiger partial charge on any atom is -0.466 e. The number of hydrogen-bond donors (Lipinski definition) is 1. The maximum absolute atomic E-state index is 13.8. The van der Waals surface area contributed by atoms with Crippen LogP contribution in [-0.2, 0) is 35.0 Å². The summed E-state index contributed by atoms with van der Waals surface area (Å²) >= 11 is 0. The van der Waals surface area contributed by atoms with Crippen LogP contribution in [0.15, 0.2) is 95.1 Å². The lowest BCUT2D eigenvalue weighted by molar-refractivity contribution is -0.139. The highest BCUT2D eigenvalue weighted by Crippen LogP contribution is 2.37. The molecule has 0 saturated carbocycles. The van der Waals surface area contributed by atoms with Crippen molar-refractivity contribution < 1.29 is 35.9 Å². The van der Waals surface area contributed by atoms with Gasteiger partial charge in [0.15, 0.2) is 5.96 Å². The van der Waals surface area contributed by atoms with Gasteiger partial charge in [0, 0.05) is 5.70 Å². The van der Waals surface area contributed by atoms with Crippen LogP contribution in [-0.4, -0.2) is 23.9 Å². The molecule has 40 heavy (non-hydrogen) atoms. The Hall–Kier alpha value is -4.28. The number of ether oxygens (including phenoxy) is 1. The molecule has 0 aromatic heterocycles. The van der Waals surface area contributed by atoms with E-state index in [1.165, 1.54) is 42.2 Å². The minimum absolute atomic E-state index is 0.0509. The van der Waals surface area contributed by atoms with Crippen LogP contribution in [0.25, 0.3) is 0 Å². The van der Waals surface area contributed by atoms with Crippen LogP contribution >= 0.6 is 0 Å². The summed E-state index contributed by atoms with van der Waals surface area (Å²) in [5.74, 6) is -0.753. The SMILES string of the molecule is COC(=O)C1=C(C)N(Cc2ccccc2C(F)(F)F)C(=NCc2ccccc2)NC1c1cccc(C(F)(F)F)c1. The highest BCUT2D eigenvalue weighted by atomic mass is 19.4. The van der Waals surface area contributed by atoms with Gasteiger partial charge in [-0.2, -0.15) is 26.3 Å². The number of guanidine groups is 1. The number of aliphatic imine (C=N–C) groups is 1. The second kappa shape index (κ2) is 11.4. The Balaban J connectivity index is 1.87. The van der Waals surface area contributed by atoms with E-state index in [-0.39, 0.29) is 41.4 Å². The van der Waals surface area contributed by atoms with Gasteiger partial charge in [-0.05, 0) is 41.8 Å². The Bertz CT molecular complexity index is 1430. The van der Waals surface area contributed by atoms with Crippen molar-refractivity contribution in [3.8, 4) is 0 Å². The average molecular weight is 562 g/mol. The summed E-state index contributed by atoms with van der Waals surface area (Å²) in [5.41, 5.74) is -0.810. The maximum atomic E-state index is 13.8. The molecule has 4 rings (SSSR count). The minimum atomic E-state index is -4.63. The molecule has 0 fully saturated rings. The molecule has 5 nitrogen and oxygen atoms in total. The maximum Gasteiger partial charge on any atom is 0.416 e. The van der Waals surface area contributed by atoms with E-state index in [0.717, 1.165) is 30.9 Å². The van der Waals surface area contributed by atoms with Crippen molar-refractivity contribution in [1.82, 2.24) is 10.2 Å². The van der Waals surface area contributed by atoms with Crippen LogP contribution in [0.5, 0.6) is 0 Å². The van der Waals surface area contributed by atoms with E-state index in [2.05, 4.69) is 10.3 Å². The van der Waals surface area contributed by atoms with Gasteiger partial charge < -0.3 is 15.0 Å². The van der Waals surface area contributed by atoms with Gasteiger partial charge in [0.25, 0.3) is 0 Å². The summed E-state index contributed by atoms with van der Waals surface area (Å²) in [6.07, 6.45) is -9.27. The van der Waals surface area contributed by atoms with Crippen molar-refractivity contribution >= 4 is 11.9 Å². The number of carbonyl (C=O) groups is 1. The van der Waals surface area contributed by atoms with E-state index in [0.29, 0.717) is 0 Å². The molecule has 0 amide bonds. The molecular formula is C29H25F6N3O2. The smallest absolute Gasteiger partial charge is 0.416 e. The molecule has 0 spiro atoms. The number of benzene rings is 3. The first-order chi connectivity index (χ1) is 18.9. The Labute approximate surface area is 226 Å². The number of carbonyl (C=O) groups excluding carboxylic acids is 1. The van der Waals surface area contributed by atoms with E-state index in [1.54, 1.807) is 12.1 Å². The molecule has 1 heterocycles. The molecule has 1 aliphatic rings. The molecule has 3 aromatic carbocycles. The fraction of sp³-hybridized carbons (Fsp3) is 0.241. The van der Waals surface area contributed by atoms with Gasteiger partial charge >= 0.3 is 18.3 Å². The van der Waals surface area contributed by atoms with E-state index in [4.69, 9.17) is 4.74 Å². The molecule has 0 bridgehead atoms. The van der Waals surface area contributed by atoms with Gasteiger partial charge in [-0.3, -0.25) is 0 Å². The number of nitrogens with zero attached hydrogens (tertiary/aromatic N) is 2. The summed E-state index contributed by atoms with van der Waals surface area (Å²) in [6, 6.07) is 17.4. The van der Waals surface area contributed by atoms with Gasteiger partial charge in [0.2, 0.25) is 0 Å². The van der Waals surface area contributed by atoms with Crippen molar-refractivity contribution in [3.63, 3.8) is 0 Å². The number of rotatable bonds is 6. The summed E-state index contributed by atoms with van der Waals surface area (Å²) in [7, 11) is 1.12. The highest BCUT2D eigenvalue weighted by molar-refractivity contribution is 5.96. The molecule has 0 aliphatic carbocycles. The fourth-order valence-electron chi connectivity index (χ4n) is 4.49. The topological polar surface area (TPSA) is 53.9 Å². The lowest BCUT2D eigenvalue weighted by Crippen LogP contribution is -2.49. The second-order valence-electron chi connectivity index (χ2n) is 9.06. The molecule has 1 aliphatic heterocycles. The van der Waals surface area contributed by atoms with Crippen LogP contribution in [0.3, 0.4) is 0 Å². The first-order valence-corrected chi connectivity index (χ1v) is 12.1. The predicted molar refractivity (Wildman–Crippen MR) is 137 cm³/mol. The number of allylic oxidation sites excluding steroid dienone is 1. The molecule has 1 N–H and O–H groups in total. The average Bonchev–Trinajstić information content (AvgIpc) is 2.92. The second-order valence-corrected chi connectivity index (χ2v) is 9.06. The molecule has 0 saturated heterocycles. The number of nitrogens with one attached hydrogen (secondary N) is 1. The zero-order valence-electron chi connectivity index (χ0n) is 21.5. The van der Waals surface area contributed by atoms with Crippen molar-refractivity contribution in [2.45, 2.75) is 38.4 Å². The standard InChI is InChI=1S/C29H25F6N3O2/c1-18-24(26(39)40-2)25(20-12-8-13-22(15-20)28(30,31)32)37-27(36-16-19-9-4-3-5-10-19)38(18)17-21-11-6-7-14-23(21)29(33,34)35/h3-15,25H,16-17H2,1-2H3,(H,36,37). The van der Waals surface area contributed by atoms with Crippen LogP contribution < -0.4 is 5.32 Å². The van der Waals surface area contributed by atoms with Gasteiger partial charge in [0.1, 0.15) is 0 Å². The lowest BCUT2D eigenvalue weighted by atomic mass is 9.93. The Kier molecular flexibility index (Phi) is 8.22. The largest absolute Gasteiger partial charge is 0.466 e. The number of hydrogen-bond acceptors (Lipinski definition) is 3. The molecule has 1 atom stereocenters. The number of halogens is 6. The fourth-order valence-corrected chi connectivity index (χ4v) is 4.49. The first kappa shape index (κ1) is 28.7. The molecule has 11 heteroatoms. The van der Waals surface area contributed by atoms with Crippen molar-refractivity contribution in [2.75, 3.05) is 7.11 Å². The third kappa shape index (κ3) is 6.30. The summed E-state index contributed by atoms with van der Waals surface area (Å²) in [5, 5.41) is 3.01. The summed E-state index contributed by atoms with van der Waals surface area (Å²) in [6.45, 7) is 1.30. The molecular weight excluding hydrogens is 536 g/mol. The van der Waals surface area contributed by atoms with Gasteiger partial charge in [-0.1, -0.05) is 60.7 Å². The Morgan fingerprint density at radius 1 is 0.925 bits per heavy atom. The monoisotopic (exact) mass is 561 g/mol. The number of alkyl halides is 6. The molecule has 0 radical (unpaired) electrons. The molecule has 1 unspecified atom stereocenters. The lowest BCUT2D eigenvalue weighted by Gasteiger charge is -2.38. The highest BCUT2D eigenvalue weighted by Gasteiger charge is 2.39. The summed E-state index contributed by atoms with van der Waals surface area (Å²) < 4.78 is 86.9.